The molecule has 9 heteroatoms. The number of benzene rings is 2. The Balaban J connectivity index is 1.52. The van der Waals surface area contributed by atoms with Crippen LogP contribution in [0.15, 0.2) is 46.8 Å². The fraction of sp³-hybridized carbons (Fsp3) is 0.211. The first kappa shape index (κ1) is 20.4. The van der Waals surface area contributed by atoms with Crippen molar-refractivity contribution in [2.45, 2.75) is 11.3 Å². The normalized spacial score (nSPS) is 10.6. The van der Waals surface area contributed by atoms with E-state index in [4.69, 9.17) is 11.6 Å². The number of hydrogen-bond acceptors (Lipinski definition) is 7. The predicted octanol–water partition coefficient (Wildman–Crippen LogP) is 5.04. The molecule has 3 rings (SSSR count). The fourth-order valence-corrected chi connectivity index (χ4v) is 4.08. The summed E-state index contributed by atoms with van der Waals surface area (Å²) in [5.41, 5.74) is 3.69. The number of carbonyl (C=O) groups excluding carboxylic acids is 1. The Morgan fingerprint density at radius 1 is 1.18 bits per heavy atom. The van der Waals surface area contributed by atoms with Crippen LogP contribution in [0.4, 0.5) is 22.2 Å². The zero-order chi connectivity index (χ0) is 20.1. The first-order chi connectivity index (χ1) is 13.4. The number of thioether (sulfide) groups is 1. The van der Waals surface area contributed by atoms with Gasteiger partial charge in [-0.05, 0) is 48.9 Å². The van der Waals surface area contributed by atoms with Gasteiger partial charge in [-0.25, -0.2) is 0 Å². The number of halogens is 1. The van der Waals surface area contributed by atoms with Crippen LogP contribution in [0.25, 0.3) is 0 Å². The maximum atomic E-state index is 12.2. The fourth-order valence-electron chi connectivity index (χ4n) is 2.34. The second kappa shape index (κ2) is 9.27. The third kappa shape index (κ3) is 5.37. The topological polar surface area (TPSA) is 70.1 Å². The predicted molar refractivity (Wildman–Crippen MR) is 120 cm³/mol. The molecule has 0 aliphatic carbocycles. The molecule has 0 spiro atoms. The van der Waals surface area contributed by atoms with Crippen LogP contribution in [0, 0.1) is 6.92 Å². The summed E-state index contributed by atoms with van der Waals surface area (Å²) in [5, 5.41) is 15.7. The summed E-state index contributed by atoms with van der Waals surface area (Å²) in [5.74, 6) is 0.179. The second-order valence-corrected chi connectivity index (χ2v) is 8.80. The van der Waals surface area contributed by atoms with Crippen molar-refractivity contribution in [3.8, 4) is 0 Å². The summed E-state index contributed by atoms with van der Waals surface area (Å²) in [7, 11) is 3.95. The van der Waals surface area contributed by atoms with Gasteiger partial charge in [-0.1, -0.05) is 40.8 Å². The summed E-state index contributed by atoms with van der Waals surface area (Å²) in [6.07, 6.45) is 0. The van der Waals surface area contributed by atoms with Gasteiger partial charge in [0.25, 0.3) is 0 Å². The number of aromatic nitrogens is 2. The Bertz CT molecular complexity index is 959. The molecule has 0 unspecified atom stereocenters. The third-order valence-corrected chi connectivity index (χ3v) is 6.29. The number of nitrogens with zero attached hydrogens (tertiary/aromatic N) is 3. The molecule has 0 saturated carbocycles. The van der Waals surface area contributed by atoms with E-state index >= 15 is 0 Å². The Morgan fingerprint density at radius 3 is 2.64 bits per heavy atom. The lowest BCUT2D eigenvalue weighted by molar-refractivity contribution is -0.113. The van der Waals surface area contributed by atoms with Crippen LogP contribution in [0.2, 0.25) is 5.02 Å². The molecule has 0 fully saturated rings. The molecule has 146 valence electrons. The second-order valence-electron chi connectivity index (χ2n) is 6.19. The van der Waals surface area contributed by atoms with E-state index < -0.39 is 0 Å². The van der Waals surface area contributed by atoms with E-state index in [1.54, 1.807) is 0 Å². The standard InChI is InChI=1S/C19H20ClN5OS2/c1-12-15(20)5-4-6-16(12)22-18-23-24-19(28-18)27-11-17(26)21-13-7-9-14(10-8-13)25(2)3/h4-10H,11H2,1-3H3,(H,21,26)(H,22,23). The number of amides is 1. The van der Waals surface area contributed by atoms with Gasteiger partial charge in [0.2, 0.25) is 11.0 Å². The lowest BCUT2D eigenvalue weighted by atomic mass is 10.2. The van der Waals surface area contributed by atoms with Crippen molar-refractivity contribution in [3.63, 3.8) is 0 Å². The van der Waals surface area contributed by atoms with Gasteiger partial charge < -0.3 is 15.5 Å². The highest BCUT2D eigenvalue weighted by atomic mass is 35.5. The van der Waals surface area contributed by atoms with Gasteiger partial charge in [0.05, 0.1) is 5.75 Å². The van der Waals surface area contributed by atoms with Crippen LogP contribution >= 0.6 is 34.7 Å². The van der Waals surface area contributed by atoms with Crippen LogP contribution in [0.3, 0.4) is 0 Å². The van der Waals surface area contributed by atoms with Crippen molar-refractivity contribution in [2.24, 2.45) is 0 Å². The first-order valence-corrected chi connectivity index (χ1v) is 10.7. The maximum Gasteiger partial charge on any atom is 0.234 e. The molecule has 3 aromatic rings. The minimum absolute atomic E-state index is 0.0852. The minimum Gasteiger partial charge on any atom is -0.378 e. The Morgan fingerprint density at radius 2 is 1.93 bits per heavy atom. The van der Waals surface area contributed by atoms with Crippen molar-refractivity contribution >= 4 is 62.8 Å². The third-order valence-electron chi connectivity index (χ3n) is 3.91. The molecule has 1 amide bonds. The molecule has 2 N–H and O–H groups in total. The van der Waals surface area contributed by atoms with Crippen molar-refractivity contribution in [2.75, 3.05) is 35.4 Å². The molecule has 6 nitrogen and oxygen atoms in total. The van der Waals surface area contributed by atoms with E-state index in [1.165, 1.54) is 23.1 Å². The van der Waals surface area contributed by atoms with Gasteiger partial charge in [0.1, 0.15) is 0 Å². The molecular formula is C19H20ClN5OS2. The summed E-state index contributed by atoms with van der Waals surface area (Å²) in [6.45, 7) is 1.94. The highest BCUT2D eigenvalue weighted by molar-refractivity contribution is 8.01. The van der Waals surface area contributed by atoms with Crippen LogP contribution in [0.5, 0.6) is 0 Å². The summed E-state index contributed by atoms with van der Waals surface area (Å²) >= 11 is 8.89. The Labute approximate surface area is 177 Å². The average Bonchev–Trinajstić information content (AvgIpc) is 3.12. The van der Waals surface area contributed by atoms with Crippen molar-refractivity contribution < 1.29 is 4.79 Å². The molecule has 2 aromatic carbocycles. The molecule has 0 atom stereocenters. The largest absolute Gasteiger partial charge is 0.378 e. The van der Waals surface area contributed by atoms with Gasteiger partial charge in [-0.3, -0.25) is 4.79 Å². The lowest BCUT2D eigenvalue weighted by Crippen LogP contribution is -2.14. The molecule has 0 bridgehead atoms. The molecule has 1 aromatic heterocycles. The molecule has 28 heavy (non-hydrogen) atoms. The van der Waals surface area contributed by atoms with Crippen LogP contribution in [-0.4, -0.2) is 36.0 Å². The van der Waals surface area contributed by atoms with E-state index in [0.29, 0.717) is 10.2 Å². The van der Waals surface area contributed by atoms with Crippen LogP contribution < -0.4 is 15.5 Å². The quantitative estimate of drug-likeness (QED) is 0.508. The smallest absolute Gasteiger partial charge is 0.234 e. The Kier molecular flexibility index (Phi) is 6.77. The van der Waals surface area contributed by atoms with Crippen molar-refractivity contribution in [3.05, 3.63) is 53.1 Å². The number of rotatable bonds is 7. The average molecular weight is 434 g/mol. The van der Waals surface area contributed by atoms with Crippen LogP contribution in [-0.2, 0) is 4.79 Å². The van der Waals surface area contributed by atoms with E-state index in [0.717, 1.165) is 27.0 Å². The highest BCUT2D eigenvalue weighted by Crippen LogP contribution is 2.30. The molecule has 0 radical (unpaired) electrons. The van der Waals surface area contributed by atoms with Gasteiger partial charge in [-0.15, -0.1) is 10.2 Å². The first-order valence-electron chi connectivity index (χ1n) is 8.48. The van der Waals surface area contributed by atoms with Crippen molar-refractivity contribution in [1.82, 2.24) is 10.2 Å². The van der Waals surface area contributed by atoms with Gasteiger partial charge in [-0.2, -0.15) is 0 Å². The summed E-state index contributed by atoms with van der Waals surface area (Å²) in [6, 6.07) is 13.4. The van der Waals surface area contributed by atoms with E-state index in [-0.39, 0.29) is 11.7 Å². The zero-order valence-corrected chi connectivity index (χ0v) is 18.1. The number of nitrogens with one attached hydrogen (secondary N) is 2. The summed E-state index contributed by atoms with van der Waals surface area (Å²) in [4.78, 5) is 14.2. The number of carbonyl (C=O) groups is 1. The number of hydrogen-bond donors (Lipinski definition) is 2. The van der Waals surface area contributed by atoms with E-state index in [2.05, 4.69) is 20.8 Å². The van der Waals surface area contributed by atoms with Gasteiger partial charge >= 0.3 is 0 Å². The number of anilines is 4. The summed E-state index contributed by atoms with van der Waals surface area (Å²) < 4.78 is 0.722. The molecule has 1 heterocycles. The van der Waals surface area contributed by atoms with Crippen molar-refractivity contribution in [1.29, 1.82) is 0 Å². The van der Waals surface area contributed by atoms with E-state index in [9.17, 15) is 4.79 Å². The zero-order valence-electron chi connectivity index (χ0n) is 15.7. The monoisotopic (exact) mass is 433 g/mol. The Hall–Kier alpha value is -2.29. The maximum absolute atomic E-state index is 12.2. The van der Waals surface area contributed by atoms with Gasteiger partial charge in [0.15, 0.2) is 4.34 Å². The molecule has 0 aliphatic heterocycles. The molecular weight excluding hydrogens is 414 g/mol. The molecule has 0 saturated heterocycles. The lowest BCUT2D eigenvalue weighted by Gasteiger charge is -2.12. The molecule has 0 aliphatic rings. The van der Waals surface area contributed by atoms with Gasteiger partial charge in [0, 0.05) is 36.2 Å². The SMILES string of the molecule is Cc1c(Cl)cccc1Nc1nnc(SCC(=O)Nc2ccc(N(C)C)cc2)s1. The highest BCUT2D eigenvalue weighted by Gasteiger charge is 2.10. The van der Waals surface area contributed by atoms with E-state index in [1.807, 2.05) is 68.4 Å². The minimum atomic E-state index is -0.0852. The van der Waals surface area contributed by atoms with Crippen LogP contribution in [0.1, 0.15) is 5.56 Å².